The van der Waals surface area contributed by atoms with Gasteiger partial charge in [0, 0.05) is 10.5 Å². The molecule has 1 aromatic carbocycles. The van der Waals surface area contributed by atoms with Gasteiger partial charge in [0.15, 0.2) is 0 Å². The fourth-order valence-corrected chi connectivity index (χ4v) is 4.50. The van der Waals surface area contributed by atoms with Crippen LogP contribution in [0.15, 0.2) is 22.7 Å². The van der Waals surface area contributed by atoms with Crippen LogP contribution in [0.2, 0.25) is 0 Å². The van der Waals surface area contributed by atoms with Gasteiger partial charge in [-0.15, -0.1) is 0 Å². The summed E-state index contributed by atoms with van der Waals surface area (Å²) >= 11 is 3.46. The van der Waals surface area contributed by atoms with Crippen molar-refractivity contribution in [2.24, 2.45) is 5.92 Å². The van der Waals surface area contributed by atoms with Crippen molar-refractivity contribution in [2.75, 3.05) is 0 Å². The number of imidazole rings is 1. The second-order valence-electron chi connectivity index (χ2n) is 6.34. The number of nitrogens with one attached hydrogen (secondary N) is 1. The molecule has 1 saturated heterocycles. The molecule has 0 spiro atoms. The minimum Gasteiger partial charge on any atom is -0.465 e. The van der Waals surface area contributed by atoms with E-state index in [9.17, 15) is 9.90 Å². The summed E-state index contributed by atoms with van der Waals surface area (Å²) < 4.78 is 0.991. The maximum atomic E-state index is 11.8. The Bertz CT molecular complexity index is 729. The van der Waals surface area contributed by atoms with Crippen LogP contribution in [0.4, 0.5) is 4.79 Å². The second kappa shape index (κ2) is 5.26. The number of nitrogens with zero attached hydrogens (tertiary/aromatic N) is 2. The SMILES string of the molecule is O=C(O)N1C(c2nc3ccc(Br)cc3[nH]2)CC2CCCC[C@@H]21. The van der Waals surface area contributed by atoms with E-state index in [0.717, 1.165) is 47.0 Å². The molecule has 2 aliphatic rings. The Hall–Kier alpha value is -1.56. The van der Waals surface area contributed by atoms with Crippen molar-refractivity contribution in [1.82, 2.24) is 14.9 Å². The number of benzene rings is 1. The Morgan fingerprint density at radius 2 is 2.18 bits per heavy atom. The third-order valence-corrected chi connectivity index (χ3v) is 5.58. The smallest absolute Gasteiger partial charge is 0.408 e. The van der Waals surface area contributed by atoms with Crippen LogP contribution in [-0.4, -0.2) is 32.1 Å². The van der Waals surface area contributed by atoms with Crippen molar-refractivity contribution in [3.8, 4) is 0 Å². The number of likely N-dealkylation sites (tertiary alicyclic amines) is 1. The number of fused-ring (bicyclic) bond motifs is 2. The summed E-state index contributed by atoms with van der Waals surface area (Å²) in [5, 5.41) is 9.68. The molecule has 1 aliphatic heterocycles. The van der Waals surface area contributed by atoms with Crippen LogP contribution in [-0.2, 0) is 0 Å². The number of carbonyl (C=O) groups is 1. The fourth-order valence-electron chi connectivity index (χ4n) is 4.14. The summed E-state index contributed by atoms with van der Waals surface area (Å²) in [5.74, 6) is 1.26. The van der Waals surface area contributed by atoms with Crippen molar-refractivity contribution in [2.45, 2.75) is 44.2 Å². The van der Waals surface area contributed by atoms with E-state index in [0.29, 0.717) is 5.92 Å². The normalized spacial score (nSPS) is 28.0. The highest BCUT2D eigenvalue weighted by Gasteiger charge is 2.46. The number of halogens is 1. The van der Waals surface area contributed by atoms with Gasteiger partial charge in [0.1, 0.15) is 5.82 Å². The van der Waals surface area contributed by atoms with Crippen molar-refractivity contribution in [1.29, 1.82) is 0 Å². The van der Waals surface area contributed by atoms with Gasteiger partial charge in [0.05, 0.1) is 17.1 Å². The lowest BCUT2D eigenvalue weighted by molar-refractivity contribution is 0.107. The molecular formula is C16H18BrN3O2. The molecule has 2 unspecified atom stereocenters. The van der Waals surface area contributed by atoms with E-state index in [2.05, 4.69) is 25.9 Å². The molecule has 4 rings (SSSR count). The molecular weight excluding hydrogens is 346 g/mol. The van der Waals surface area contributed by atoms with Gasteiger partial charge < -0.3 is 10.1 Å². The van der Waals surface area contributed by atoms with Crippen molar-refractivity contribution in [3.63, 3.8) is 0 Å². The molecule has 1 aromatic heterocycles. The van der Waals surface area contributed by atoms with Gasteiger partial charge in [-0.3, -0.25) is 4.90 Å². The lowest BCUT2D eigenvalue weighted by Gasteiger charge is -2.31. The minimum atomic E-state index is -0.818. The number of amides is 1. The van der Waals surface area contributed by atoms with E-state index in [1.165, 1.54) is 6.42 Å². The van der Waals surface area contributed by atoms with E-state index in [1.807, 2.05) is 18.2 Å². The number of aromatic amines is 1. The number of carboxylic acid groups (broad SMARTS) is 1. The zero-order chi connectivity index (χ0) is 15.3. The molecule has 6 heteroatoms. The third kappa shape index (κ3) is 2.20. The van der Waals surface area contributed by atoms with Crippen LogP contribution in [0.1, 0.15) is 44.0 Å². The number of aromatic nitrogens is 2. The summed E-state index contributed by atoms with van der Waals surface area (Å²) in [6.07, 6.45) is 4.54. The highest BCUT2D eigenvalue weighted by Crippen LogP contribution is 2.45. The van der Waals surface area contributed by atoms with Gasteiger partial charge in [-0.1, -0.05) is 28.8 Å². The molecule has 3 atom stereocenters. The molecule has 0 bridgehead atoms. The molecule has 2 N–H and O–H groups in total. The summed E-state index contributed by atoms with van der Waals surface area (Å²) in [5.41, 5.74) is 1.84. The van der Waals surface area contributed by atoms with Crippen molar-refractivity contribution < 1.29 is 9.90 Å². The van der Waals surface area contributed by atoms with E-state index in [4.69, 9.17) is 0 Å². The van der Waals surface area contributed by atoms with Crippen molar-refractivity contribution in [3.05, 3.63) is 28.5 Å². The lowest BCUT2D eigenvalue weighted by Crippen LogP contribution is -2.39. The first kappa shape index (κ1) is 14.1. The average molecular weight is 364 g/mol. The summed E-state index contributed by atoms with van der Waals surface area (Å²) in [6.45, 7) is 0. The molecule has 1 aliphatic carbocycles. The zero-order valence-electron chi connectivity index (χ0n) is 12.1. The second-order valence-corrected chi connectivity index (χ2v) is 7.25. The number of H-pyrrole nitrogens is 1. The summed E-state index contributed by atoms with van der Waals surface area (Å²) in [6, 6.07) is 5.91. The first-order chi connectivity index (χ1) is 10.6. The van der Waals surface area contributed by atoms with E-state index in [1.54, 1.807) is 4.90 Å². The maximum Gasteiger partial charge on any atom is 0.408 e. The van der Waals surface area contributed by atoms with E-state index < -0.39 is 6.09 Å². The van der Waals surface area contributed by atoms with Crippen LogP contribution in [0, 0.1) is 5.92 Å². The van der Waals surface area contributed by atoms with Gasteiger partial charge in [-0.25, -0.2) is 9.78 Å². The molecule has 22 heavy (non-hydrogen) atoms. The van der Waals surface area contributed by atoms with Crippen LogP contribution < -0.4 is 0 Å². The standard InChI is InChI=1S/C16H18BrN3O2/c17-10-5-6-11-12(8-10)19-15(18-11)14-7-9-3-1-2-4-13(9)20(14)16(21)22/h5-6,8-9,13-14H,1-4,7H2,(H,18,19)(H,21,22)/t9?,13-,14?/m0/s1. The molecule has 2 heterocycles. The van der Waals surface area contributed by atoms with Crippen LogP contribution >= 0.6 is 15.9 Å². The first-order valence-corrected chi connectivity index (χ1v) is 8.59. The molecule has 2 fully saturated rings. The molecule has 1 saturated carbocycles. The highest BCUT2D eigenvalue weighted by molar-refractivity contribution is 9.10. The predicted molar refractivity (Wildman–Crippen MR) is 86.8 cm³/mol. The van der Waals surface area contributed by atoms with E-state index >= 15 is 0 Å². The van der Waals surface area contributed by atoms with Gasteiger partial charge >= 0.3 is 6.09 Å². The topological polar surface area (TPSA) is 69.2 Å². The predicted octanol–water partition coefficient (Wildman–Crippen LogP) is 4.31. The quantitative estimate of drug-likeness (QED) is 0.792. The third-order valence-electron chi connectivity index (χ3n) is 5.09. The average Bonchev–Trinajstić information content (AvgIpc) is 3.06. The molecule has 116 valence electrons. The molecule has 1 amide bonds. The first-order valence-electron chi connectivity index (χ1n) is 7.80. The zero-order valence-corrected chi connectivity index (χ0v) is 13.7. The van der Waals surface area contributed by atoms with Crippen LogP contribution in [0.25, 0.3) is 11.0 Å². The van der Waals surface area contributed by atoms with Gasteiger partial charge in [0.2, 0.25) is 0 Å². The Kier molecular flexibility index (Phi) is 3.36. The number of hydrogen-bond acceptors (Lipinski definition) is 2. The Morgan fingerprint density at radius 3 is 3.00 bits per heavy atom. The largest absolute Gasteiger partial charge is 0.465 e. The highest BCUT2D eigenvalue weighted by atomic mass is 79.9. The number of hydrogen-bond donors (Lipinski definition) is 2. The van der Waals surface area contributed by atoms with Gasteiger partial charge in [-0.2, -0.15) is 0 Å². The fraction of sp³-hybridized carbons (Fsp3) is 0.500. The lowest BCUT2D eigenvalue weighted by atomic mass is 9.85. The van der Waals surface area contributed by atoms with Crippen LogP contribution in [0.5, 0.6) is 0 Å². The summed E-state index contributed by atoms with van der Waals surface area (Å²) in [4.78, 5) is 21.4. The molecule has 5 nitrogen and oxygen atoms in total. The van der Waals surface area contributed by atoms with Gasteiger partial charge in [0.25, 0.3) is 0 Å². The maximum absolute atomic E-state index is 11.8. The van der Waals surface area contributed by atoms with Crippen molar-refractivity contribution >= 4 is 33.1 Å². The van der Waals surface area contributed by atoms with Crippen LogP contribution in [0.3, 0.4) is 0 Å². The molecule has 2 aromatic rings. The summed E-state index contributed by atoms with van der Waals surface area (Å²) in [7, 11) is 0. The van der Waals surface area contributed by atoms with Gasteiger partial charge in [-0.05, 0) is 43.4 Å². The Labute approximate surface area is 136 Å². The number of rotatable bonds is 1. The Morgan fingerprint density at radius 1 is 1.36 bits per heavy atom. The molecule has 0 radical (unpaired) electrons. The van der Waals surface area contributed by atoms with E-state index in [-0.39, 0.29) is 12.1 Å². The monoisotopic (exact) mass is 363 g/mol. The Balaban J connectivity index is 1.73. The minimum absolute atomic E-state index is 0.142.